The summed E-state index contributed by atoms with van der Waals surface area (Å²) in [7, 11) is -0.719. The number of sulfonamides is 1. The molecule has 1 heterocycles. The van der Waals surface area contributed by atoms with Gasteiger partial charge in [0.1, 0.15) is 17.6 Å². The SMILES string of the molecule is COc1ccc(NC(=O)N(C)C[C@@H]2Oc3ccc(NS(=O)(=O)c4ccc(Cl)cc4)cc3CC(=O)N([C@@H](C)CO)C[C@@H]2C)cc1. The molecule has 3 amide bonds. The molecular weight excluding hydrogens is 608 g/mol. The van der Waals surface area contributed by atoms with Crippen LogP contribution in [0.4, 0.5) is 16.2 Å². The number of carbonyl (C=O) groups is 2. The van der Waals surface area contributed by atoms with Crippen molar-refractivity contribution in [1.29, 1.82) is 0 Å². The van der Waals surface area contributed by atoms with Gasteiger partial charge < -0.3 is 29.7 Å². The number of anilines is 2. The van der Waals surface area contributed by atoms with E-state index >= 15 is 0 Å². The molecule has 44 heavy (non-hydrogen) atoms. The van der Waals surface area contributed by atoms with Gasteiger partial charge in [-0.2, -0.15) is 0 Å². The van der Waals surface area contributed by atoms with Crippen molar-refractivity contribution in [2.75, 3.05) is 43.9 Å². The average Bonchev–Trinajstić information content (AvgIpc) is 3.04. The van der Waals surface area contributed by atoms with Crippen LogP contribution in [0.25, 0.3) is 0 Å². The summed E-state index contributed by atoms with van der Waals surface area (Å²) < 4.78 is 40.2. The van der Waals surface area contributed by atoms with Crippen LogP contribution in [0.5, 0.6) is 11.5 Å². The summed E-state index contributed by atoms with van der Waals surface area (Å²) in [6, 6.07) is 16.7. The monoisotopic (exact) mass is 644 g/mol. The third-order valence-corrected chi connectivity index (χ3v) is 9.08. The number of nitrogens with zero attached hydrogens (tertiary/aromatic N) is 2. The number of fused-ring (bicyclic) bond motifs is 1. The number of urea groups is 1. The van der Waals surface area contributed by atoms with E-state index in [1.165, 1.54) is 29.2 Å². The molecule has 0 radical (unpaired) electrons. The highest BCUT2D eigenvalue weighted by molar-refractivity contribution is 7.92. The Morgan fingerprint density at radius 3 is 2.43 bits per heavy atom. The van der Waals surface area contributed by atoms with Gasteiger partial charge in [-0.25, -0.2) is 13.2 Å². The van der Waals surface area contributed by atoms with Gasteiger partial charge in [-0.05, 0) is 73.7 Å². The van der Waals surface area contributed by atoms with E-state index in [0.717, 1.165) is 0 Å². The van der Waals surface area contributed by atoms with Gasteiger partial charge in [-0.3, -0.25) is 9.52 Å². The van der Waals surface area contributed by atoms with Gasteiger partial charge in [-0.15, -0.1) is 0 Å². The number of hydrogen-bond donors (Lipinski definition) is 3. The van der Waals surface area contributed by atoms with Crippen LogP contribution in [-0.2, 0) is 21.2 Å². The molecule has 1 aliphatic heterocycles. The van der Waals surface area contributed by atoms with Crippen LogP contribution in [-0.4, -0.2) is 81.3 Å². The van der Waals surface area contributed by atoms with Crippen molar-refractivity contribution >= 4 is 44.9 Å². The van der Waals surface area contributed by atoms with E-state index in [2.05, 4.69) is 10.0 Å². The third kappa shape index (κ3) is 8.13. The minimum atomic E-state index is -3.93. The fourth-order valence-electron chi connectivity index (χ4n) is 4.78. The lowest BCUT2D eigenvalue weighted by Crippen LogP contribution is -2.48. The van der Waals surface area contributed by atoms with Gasteiger partial charge in [0.05, 0.1) is 37.6 Å². The average molecular weight is 645 g/mol. The molecule has 4 rings (SSSR count). The van der Waals surface area contributed by atoms with E-state index in [9.17, 15) is 23.1 Å². The zero-order valence-electron chi connectivity index (χ0n) is 25.0. The molecule has 11 nitrogen and oxygen atoms in total. The van der Waals surface area contributed by atoms with Crippen LogP contribution in [0.2, 0.25) is 5.02 Å². The summed E-state index contributed by atoms with van der Waals surface area (Å²) in [4.78, 5) is 29.7. The molecule has 13 heteroatoms. The van der Waals surface area contributed by atoms with E-state index in [1.54, 1.807) is 68.4 Å². The van der Waals surface area contributed by atoms with E-state index in [0.29, 0.717) is 27.8 Å². The smallest absolute Gasteiger partial charge is 0.321 e. The Balaban J connectivity index is 1.60. The van der Waals surface area contributed by atoms with Crippen molar-refractivity contribution in [2.45, 2.75) is 37.3 Å². The van der Waals surface area contributed by atoms with E-state index in [4.69, 9.17) is 21.1 Å². The number of hydrogen-bond acceptors (Lipinski definition) is 7. The minimum absolute atomic E-state index is 0.0329. The first-order chi connectivity index (χ1) is 20.9. The van der Waals surface area contributed by atoms with Gasteiger partial charge in [0.15, 0.2) is 0 Å². The lowest BCUT2D eigenvalue weighted by Gasteiger charge is -2.34. The minimum Gasteiger partial charge on any atom is -0.497 e. The maximum Gasteiger partial charge on any atom is 0.321 e. The number of benzene rings is 3. The number of aliphatic hydroxyl groups is 1. The Bertz CT molecular complexity index is 1570. The number of halogens is 1. The Morgan fingerprint density at radius 1 is 1.14 bits per heavy atom. The molecule has 0 saturated carbocycles. The van der Waals surface area contributed by atoms with Gasteiger partial charge in [0.2, 0.25) is 5.91 Å². The fraction of sp³-hybridized carbons (Fsp3) is 0.355. The second-order valence-corrected chi connectivity index (χ2v) is 12.9. The molecule has 3 aromatic rings. The number of amides is 3. The molecule has 0 saturated heterocycles. The van der Waals surface area contributed by atoms with E-state index in [-0.39, 0.29) is 54.6 Å². The van der Waals surface area contributed by atoms with Crippen LogP contribution in [0.15, 0.2) is 71.6 Å². The quantitative estimate of drug-likeness (QED) is 0.313. The Hall–Kier alpha value is -4.00. The molecule has 0 fully saturated rings. The van der Waals surface area contributed by atoms with Crippen LogP contribution in [0.1, 0.15) is 19.4 Å². The molecule has 0 aromatic heterocycles. The van der Waals surface area contributed by atoms with Crippen molar-refractivity contribution < 1.29 is 32.6 Å². The topological polar surface area (TPSA) is 138 Å². The summed E-state index contributed by atoms with van der Waals surface area (Å²) in [5.41, 5.74) is 1.31. The summed E-state index contributed by atoms with van der Waals surface area (Å²) in [6.07, 6.45) is -0.625. The highest BCUT2D eigenvalue weighted by Crippen LogP contribution is 2.30. The molecule has 3 atom stereocenters. The summed E-state index contributed by atoms with van der Waals surface area (Å²) in [5.74, 6) is 0.581. The first-order valence-corrected chi connectivity index (χ1v) is 15.9. The van der Waals surface area contributed by atoms with Gasteiger partial charge in [0, 0.05) is 41.5 Å². The highest BCUT2D eigenvalue weighted by atomic mass is 35.5. The van der Waals surface area contributed by atoms with Gasteiger partial charge in [0.25, 0.3) is 10.0 Å². The predicted molar refractivity (Wildman–Crippen MR) is 169 cm³/mol. The van der Waals surface area contributed by atoms with Crippen molar-refractivity contribution in [1.82, 2.24) is 9.80 Å². The van der Waals surface area contributed by atoms with Gasteiger partial charge in [-0.1, -0.05) is 18.5 Å². The molecule has 3 N–H and O–H groups in total. The molecule has 236 valence electrons. The maximum atomic E-state index is 13.5. The number of likely N-dealkylation sites (N-methyl/N-ethyl adjacent to an activating group) is 1. The van der Waals surface area contributed by atoms with Crippen molar-refractivity contribution in [2.24, 2.45) is 5.92 Å². The first kappa shape index (κ1) is 32.9. The zero-order chi connectivity index (χ0) is 32.0. The number of rotatable bonds is 9. The second-order valence-electron chi connectivity index (χ2n) is 10.8. The molecule has 3 aromatic carbocycles. The highest BCUT2D eigenvalue weighted by Gasteiger charge is 2.32. The van der Waals surface area contributed by atoms with E-state index < -0.39 is 22.2 Å². The molecule has 0 unspecified atom stereocenters. The standard InChI is InChI=1S/C31H37ClN4O7S/c1-20-17-36(21(2)19-37)30(38)16-22-15-25(34-44(40,41)27-12-5-23(32)6-13-27)9-14-28(22)43-29(20)18-35(3)31(39)33-24-7-10-26(42-4)11-8-24/h5-15,20-21,29,34,37H,16-19H2,1-4H3,(H,33,39)/t20-,21-,29-/m0/s1. The maximum absolute atomic E-state index is 13.5. The summed E-state index contributed by atoms with van der Waals surface area (Å²) in [5, 5.41) is 13.2. The van der Waals surface area contributed by atoms with Crippen molar-refractivity contribution in [3.05, 3.63) is 77.3 Å². The Kier molecular flexibility index (Phi) is 10.6. The molecule has 0 spiro atoms. The molecule has 1 aliphatic rings. The first-order valence-electron chi connectivity index (χ1n) is 14.0. The second kappa shape index (κ2) is 14.2. The largest absolute Gasteiger partial charge is 0.497 e. The van der Waals surface area contributed by atoms with Crippen LogP contribution in [0.3, 0.4) is 0 Å². The Morgan fingerprint density at radius 2 is 1.80 bits per heavy atom. The van der Waals surface area contributed by atoms with Crippen molar-refractivity contribution in [3.8, 4) is 11.5 Å². The molecular formula is C31H37ClN4O7S. The number of carbonyl (C=O) groups excluding carboxylic acids is 2. The predicted octanol–water partition coefficient (Wildman–Crippen LogP) is 4.46. The summed E-state index contributed by atoms with van der Waals surface area (Å²) >= 11 is 5.91. The third-order valence-electron chi connectivity index (χ3n) is 7.43. The van der Waals surface area contributed by atoms with Crippen LogP contribution >= 0.6 is 11.6 Å². The number of methoxy groups -OCH3 is 1. The number of aliphatic hydroxyl groups excluding tert-OH is 1. The summed E-state index contributed by atoms with van der Waals surface area (Å²) in [6.45, 7) is 3.91. The fourth-order valence-corrected chi connectivity index (χ4v) is 5.96. The van der Waals surface area contributed by atoms with Gasteiger partial charge >= 0.3 is 6.03 Å². The van der Waals surface area contributed by atoms with Crippen molar-refractivity contribution in [3.63, 3.8) is 0 Å². The number of nitrogens with one attached hydrogen (secondary N) is 2. The Labute approximate surface area is 262 Å². The van der Waals surface area contributed by atoms with Crippen LogP contribution in [0, 0.1) is 5.92 Å². The normalized spacial score (nSPS) is 17.7. The lowest BCUT2D eigenvalue weighted by molar-refractivity contribution is -0.134. The molecule has 0 bridgehead atoms. The van der Waals surface area contributed by atoms with Crippen LogP contribution < -0.4 is 19.5 Å². The molecule has 0 aliphatic carbocycles. The zero-order valence-corrected chi connectivity index (χ0v) is 26.6. The lowest BCUT2D eigenvalue weighted by atomic mass is 10.0. The van der Waals surface area contributed by atoms with E-state index in [1.807, 2.05) is 6.92 Å². The number of ether oxygens (including phenoxy) is 2.